The van der Waals surface area contributed by atoms with Crippen LogP contribution in [0.25, 0.3) is 0 Å². The first-order chi connectivity index (χ1) is 6.60. The smallest absolute Gasteiger partial charge is 0.306 e. The maximum absolute atomic E-state index is 13.7. The van der Waals surface area contributed by atoms with Gasteiger partial charge in [-0.2, -0.15) is 0 Å². The summed E-state index contributed by atoms with van der Waals surface area (Å²) in [6, 6.07) is 0. The van der Waals surface area contributed by atoms with E-state index in [2.05, 4.69) is 4.99 Å². The number of halogens is 1. The summed E-state index contributed by atoms with van der Waals surface area (Å²) in [5.74, 6) is -1.02. The van der Waals surface area contributed by atoms with Gasteiger partial charge < -0.3 is 5.11 Å². The van der Waals surface area contributed by atoms with E-state index in [9.17, 15) is 9.18 Å². The largest absolute Gasteiger partial charge is 0.481 e. The van der Waals surface area contributed by atoms with Crippen LogP contribution in [0.2, 0.25) is 0 Å². The summed E-state index contributed by atoms with van der Waals surface area (Å²) in [5.41, 5.74) is -1.15. The number of nitrogens with zero attached hydrogens (tertiary/aromatic N) is 1. The first-order valence-corrected chi connectivity index (χ1v) is 4.69. The molecule has 0 aromatic rings. The predicted molar refractivity (Wildman–Crippen MR) is 52.4 cm³/mol. The maximum Gasteiger partial charge on any atom is 0.306 e. The summed E-state index contributed by atoms with van der Waals surface area (Å²) >= 11 is 0. The zero-order valence-electron chi connectivity index (χ0n) is 8.11. The van der Waals surface area contributed by atoms with Crippen molar-refractivity contribution >= 4 is 12.2 Å². The second kappa shape index (κ2) is 4.35. The lowest BCUT2D eigenvalue weighted by Crippen LogP contribution is -2.37. The van der Waals surface area contributed by atoms with Crippen molar-refractivity contribution in [1.29, 1.82) is 0 Å². The van der Waals surface area contributed by atoms with Crippen LogP contribution in [-0.2, 0) is 4.79 Å². The third kappa shape index (κ3) is 2.19. The van der Waals surface area contributed by atoms with E-state index in [1.165, 1.54) is 6.21 Å². The minimum Gasteiger partial charge on any atom is -0.481 e. The molecule has 0 radical (unpaired) electrons. The van der Waals surface area contributed by atoms with E-state index in [0.29, 0.717) is 12.8 Å². The molecule has 4 heteroatoms. The molecule has 0 fully saturated rings. The molecule has 1 aliphatic heterocycles. The van der Waals surface area contributed by atoms with Crippen LogP contribution >= 0.6 is 0 Å². The molecule has 0 aliphatic carbocycles. The fourth-order valence-corrected chi connectivity index (χ4v) is 1.58. The molecule has 0 bridgehead atoms. The van der Waals surface area contributed by atoms with E-state index < -0.39 is 17.7 Å². The third-order valence-electron chi connectivity index (χ3n) is 2.30. The molecule has 1 N–H and O–H groups in total. The van der Waals surface area contributed by atoms with Crippen LogP contribution in [0, 0.1) is 0 Å². The standard InChI is InChI=1S/C10H14FNO2/c1-2-4-8(11)10(7-9(13)14)5-3-6-12-10/h3,5-6,8H,2,4,7H2,1H3,(H,13,14). The molecule has 1 aliphatic rings. The van der Waals surface area contributed by atoms with Gasteiger partial charge >= 0.3 is 5.97 Å². The van der Waals surface area contributed by atoms with Gasteiger partial charge in [0.25, 0.3) is 0 Å². The molecular weight excluding hydrogens is 185 g/mol. The Morgan fingerprint density at radius 3 is 2.86 bits per heavy atom. The van der Waals surface area contributed by atoms with Gasteiger partial charge in [0.2, 0.25) is 0 Å². The molecule has 0 saturated heterocycles. The lowest BCUT2D eigenvalue weighted by atomic mass is 9.88. The number of hydrogen-bond acceptors (Lipinski definition) is 2. The summed E-state index contributed by atoms with van der Waals surface area (Å²) < 4.78 is 13.7. The number of aliphatic carboxylic acids is 1. The van der Waals surface area contributed by atoms with Gasteiger partial charge in [-0.05, 0) is 12.5 Å². The fourth-order valence-electron chi connectivity index (χ4n) is 1.58. The number of hydrogen-bond donors (Lipinski definition) is 1. The molecule has 2 atom stereocenters. The predicted octanol–water partition coefficient (Wildman–Crippen LogP) is 1.98. The molecule has 0 aromatic heterocycles. The van der Waals surface area contributed by atoms with Crippen molar-refractivity contribution in [2.75, 3.05) is 0 Å². The normalized spacial score (nSPS) is 26.7. The molecule has 0 aromatic carbocycles. The Balaban J connectivity index is 2.77. The highest BCUT2D eigenvalue weighted by Crippen LogP contribution is 2.30. The van der Waals surface area contributed by atoms with Crippen molar-refractivity contribution in [1.82, 2.24) is 0 Å². The monoisotopic (exact) mass is 199 g/mol. The summed E-state index contributed by atoms with van der Waals surface area (Å²) in [6.07, 6.45) is 4.15. The molecule has 14 heavy (non-hydrogen) atoms. The molecule has 1 heterocycles. The number of carboxylic acids is 1. The van der Waals surface area contributed by atoms with Gasteiger partial charge in [-0.3, -0.25) is 9.79 Å². The Morgan fingerprint density at radius 2 is 2.43 bits per heavy atom. The Hall–Kier alpha value is -1.19. The van der Waals surface area contributed by atoms with E-state index in [1.54, 1.807) is 12.2 Å². The van der Waals surface area contributed by atoms with Crippen LogP contribution in [-0.4, -0.2) is 29.0 Å². The lowest BCUT2D eigenvalue weighted by Gasteiger charge is -2.26. The quantitative estimate of drug-likeness (QED) is 0.736. The average molecular weight is 199 g/mol. The van der Waals surface area contributed by atoms with Gasteiger partial charge in [0.05, 0.1) is 6.42 Å². The van der Waals surface area contributed by atoms with Crippen molar-refractivity contribution in [3.63, 3.8) is 0 Å². The first kappa shape index (κ1) is 10.9. The van der Waals surface area contributed by atoms with Gasteiger partial charge in [-0.1, -0.05) is 19.4 Å². The van der Waals surface area contributed by atoms with Crippen LogP contribution in [0.15, 0.2) is 17.1 Å². The summed E-state index contributed by atoms with van der Waals surface area (Å²) in [7, 11) is 0. The fraction of sp³-hybridized carbons (Fsp3) is 0.600. The minimum absolute atomic E-state index is 0.277. The number of allylic oxidation sites excluding steroid dienone is 1. The number of aliphatic imine (C=N–C) groups is 1. The molecule has 2 unspecified atom stereocenters. The van der Waals surface area contributed by atoms with Crippen molar-refractivity contribution in [3.05, 3.63) is 12.2 Å². The first-order valence-electron chi connectivity index (χ1n) is 4.69. The highest BCUT2D eigenvalue weighted by atomic mass is 19.1. The molecule has 3 nitrogen and oxygen atoms in total. The molecular formula is C10H14FNO2. The molecule has 1 rings (SSSR count). The van der Waals surface area contributed by atoms with Crippen LogP contribution in [0.3, 0.4) is 0 Å². The number of carboxylic acid groups (broad SMARTS) is 1. The molecule has 0 spiro atoms. The Morgan fingerprint density at radius 1 is 1.71 bits per heavy atom. The summed E-state index contributed by atoms with van der Waals surface area (Å²) in [5, 5.41) is 8.68. The topological polar surface area (TPSA) is 49.7 Å². The van der Waals surface area contributed by atoms with E-state index in [4.69, 9.17) is 5.11 Å². The summed E-state index contributed by atoms with van der Waals surface area (Å²) in [6.45, 7) is 1.86. The Kier molecular flexibility index (Phi) is 3.38. The summed E-state index contributed by atoms with van der Waals surface area (Å²) in [4.78, 5) is 14.5. The van der Waals surface area contributed by atoms with Gasteiger partial charge in [-0.15, -0.1) is 0 Å². The van der Waals surface area contributed by atoms with Crippen LogP contribution in [0.5, 0.6) is 0 Å². The van der Waals surface area contributed by atoms with Crippen molar-refractivity contribution in [3.8, 4) is 0 Å². The second-order valence-electron chi connectivity index (χ2n) is 3.46. The van der Waals surface area contributed by atoms with E-state index in [1.807, 2.05) is 6.92 Å². The van der Waals surface area contributed by atoms with Gasteiger partial charge in [-0.25, -0.2) is 4.39 Å². The Bertz CT molecular complexity index is 261. The van der Waals surface area contributed by atoms with Crippen LogP contribution in [0.4, 0.5) is 4.39 Å². The molecule has 78 valence electrons. The van der Waals surface area contributed by atoms with E-state index >= 15 is 0 Å². The highest BCUT2D eigenvalue weighted by Gasteiger charge is 2.39. The van der Waals surface area contributed by atoms with Crippen molar-refractivity contribution in [2.24, 2.45) is 4.99 Å². The molecule has 0 saturated carbocycles. The van der Waals surface area contributed by atoms with E-state index in [0.717, 1.165) is 0 Å². The van der Waals surface area contributed by atoms with Gasteiger partial charge in [0.15, 0.2) is 0 Å². The highest BCUT2D eigenvalue weighted by molar-refractivity contribution is 5.78. The van der Waals surface area contributed by atoms with E-state index in [-0.39, 0.29) is 6.42 Å². The second-order valence-corrected chi connectivity index (χ2v) is 3.46. The number of carbonyl (C=O) groups is 1. The zero-order valence-corrected chi connectivity index (χ0v) is 8.11. The lowest BCUT2D eigenvalue weighted by molar-refractivity contribution is -0.138. The number of alkyl halides is 1. The minimum atomic E-state index is -1.21. The van der Waals surface area contributed by atoms with Gasteiger partial charge in [0, 0.05) is 6.21 Å². The van der Waals surface area contributed by atoms with Crippen LogP contribution < -0.4 is 0 Å². The molecule has 0 amide bonds. The zero-order chi connectivity index (χ0) is 10.6. The number of rotatable bonds is 5. The van der Waals surface area contributed by atoms with Crippen molar-refractivity contribution < 1.29 is 14.3 Å². The third-order valence-corrected chi connectivity index (χ3v) is 2.30. The average Bonchev–Trinajstić information content (AvgIpc) is 2.53. The Labute approximate surface area is 82.3 Å². The SMILES string of the molecule is CCCC(F)C1(CC(=O)O)C=CC=N1. The van der Waals surface area contributed by atoms with Crippen LogP contribution in [0.1, 0.15) is 26.2 Å². The van der Waals surface area contributed by atoms with Gasteiger partial charge in [0.1, 0.15) is 11.7 Å². The maximum atomic E-state index is 13.7. The van der Waals surface area contributed by atoms with Crippen molar-refractivity contribution in [2.45, 2.75) is 37.9 Å².